The Kier molecular flexibility index (Phi) is 2.88. The lowest BCUT2D eigenvalue weighted by Gasteiger charge is -2.27. The van der Waals surface area contributed by atoms with Crippen LogP contribution >= 0.6 is 0 Å². The van der Waals surface area contributed by atoms with Gasteiger partial charge in [0, 0.05) is 18.5 Å². The molecule has 2 saturated carbocycles. The van der Waals surface area contributed by atoms with Crippen LogP contribution in [0.2, 0.25) is 0 Å². The van der Waals surface area contributed by atoms with Crippen molar-refractivity contribution in [1.29, 1.82) is 0 Å². The van der Waals surface area contributed by atoms with Gasteiger partial charge >= 0.3 is 0 Å². The second-order valence-corrected chi connectivity index (χ2v) is 5.83. The molecule has 0 aromatic rings. The average molecular weight is 222 g/mol. The van der Waals surface area contributed by atoms with Crippen molar-refractivity contribution < 1.29 is 4.79 Å². The van der Waals surface area contributed by atoms with Crippen LogP contribution in [0, 0.1) is 17.8 Å². The molecule has 0 aromatic heterocycles. The van der Waals surface area contributed by atoms with E-state index in [9.17, 15) is 4.79 Å². The van der Waals surface area contributed by atoms with Crippen LogP contribution in [0.15, 0.2) is 0 Å². The molecule has 1 aliphatic heterocycles. The molecule has 3 aliphatic rings. The molecule has 4 atom stereocenters. The fourth-order valence-corrected chi connectivity index (χ4v) is 3.85. The normalized spacial score (nSPS) is 42.2. The van der Waals surface area contributed by atoms with Crippen molar-refractivity contribution in [2.75, 3.05) is 13.1 Å². The standard InChI is InChI=1S/C13H22N2O/c16-13(15-11-2-1-5-14-8-11)12-7-9-3-4-10(12)6-9/h9-12,14H,1-8H2,(H,15,16)/t9?,10?,11-,12?/m1/s1. The van der Waals surface area contributed by atoms with E-state index in [2.05, 4.69) is 10.6 Å². The van der Waals surface area contributed by atoms with Crippen molar-refractivity contribution >= 4 is 5.91 Å². The summed E-state index contributed by atoms with van der Waals surface area (Å²) in [6, 6.07) is 0.389. The Morgan fingerprint density at radius 2 is 2.12 bits per heavy atom. The lowest BCUT2D eigenvalue weighted by Crippen LogP contribution is -2.48. The molecular weight excluding hydrogens is 200 g/mol. The molecule has 1 saturated heterocycles. The van der Waals surface area contributed by atoms with E-state index >= 15 is 0 Å². The zero-order chi connectivity index (χ0) is 11.0. The molecular formula is C13H22N2O. The Balaban J connectivity index is 1.53. The highest BCUT2D eigenvalue weighted by Crippen LogP contribution is 2.48. The van der Waals surface area contributed by atoms with Crippen molar-refractivity contribution in [3.8, 4) is 0 Å². The first-order valence-electron chi connectivity index (χ1n) is 6.84. The fraction of sp³-hybridized carbons (Fsp3) is 0.923. The quantitative estimate of drug-likeness (QED) is 0.739. The zero-order valence-electron chi connectivity index (χ0n) is 9.87. The van der Waals surface area contributed by atoms with Gasteiger partial charge in [0.25, 0.3) is 0 Å². The molecule has 3 heteroatoms. The van der Waals surface area contributed by atoms with Crippen LogP contribution in [0.3, 0.4) is 0 Å². The maximum absolute atomic E-state index is 12.2. The Morgan fingerprint density at radius 1 is 1.19 bits per heavy atom. The molecule has 0 spiro atoms. The van der Waals surface area contributed by atoms with Crippen LogP contribution in [0.4, 0.5) is 0 Å². The van der Waals surface area contributed by atoms with E-state index in [0.29, 0.717) is 23.8 Å². The highest BCUT2D eigenvalue weighted by Gasteiger charge is 2.43. The predicted molar refractivity (Wildman–Crippen MR) is 63.0 cm³/mol. The summed E-state index contributed by atoms with van der Waals surface area (Å²) in [5.74, 6) is 2.27. The third-order valence-corrected chi connectivity index (χ3v) is 4.72. The van der Waals surface area contributed by atoms with Gasteiger partial charge in [-0.2, -0.15) is 0 Å². The minimum atomic E-state index is 0.348. The summed E-state index contributed by atoms with van der Waals surface area (Å²) in [6.07, 6.45) is 7.50. The van der Waals surface area contributed by atoms with Gasteiger partial charge in [-0.25, -0.2) is 0 Å². The van der Waals surface area contributed by atoms with E-state index in [4.69, 9.17) is 0 Å². The summed E-state index contributed by atoms with van der Waals surface area (Å²) >= 11 is 0. The Bertz CT molecular complexity index is 273. The van der Waals surface area contributed by atoms with Gasteiger partial charge in [-0.3, -0.25) is 4.79 Å². The van der Waals surface area contributed by atoms with E-state index < -0.39 is 0 Å². The predicted octanol–water partition coefficient (Wildman–Crippen LogP) is 1.29. The van der Waals surface area contributed by atoms with Crippen molar-refractivity contribution in [2.45, 2.75) is 44.6 Å². The van der Waals surface area contributed by atoms with Crippen molar-refractivity contribution in [1.82, 2.24) is 10.6 Å². The highest BCUT2D eigenvalue weighted by atomic mass is 16.2. The van der Waals surface area contributed by atoms with E-state index in [1.165, 1.54) is 25.7 Å². The smallest absolute Gasteiger partial charge is 0.223 e. The summed E-state index contributed by atoms with van der Waals surface area (Å²) in [4.78, 5) is 12.2. The lowest BCUT2D eigenvalue weighted by atomic mass is 9.88. The van der Waals surface area contributed by atoms with Gasteiger partial charge in [-0.1, -0.05) is 6.42 Å². The lowest BCUT2D eigenvalue weighted by molar-refractivity contribution is -0.127. The number of rotatable bonds is 2. The van der Waals surface area contributed by atoms with Crippen LogP contribution in [0.1, 0.15) is 38.5 Å². The third-order valence-electron chi connectivity index (χ3n) is 4.72. The molecule has 3 nitrogen and oxygen atoms in total. The molecule has 0 radical (unpaired) electrons. The van der Waals surface area contributed by atoms with Crippen molar-refractivity contribution in [2.24, 2.45) is 17.8 Å². The van der Waals surface area contributed by atoms with Gasteiger partial charge in [-0.05, 0) is 50.5 Å². The van der Waals surface area contributed by atoms with Crippen LogP contribution in [0.5, 0.6) is 0 Å². The molecule has 3 fully saturated rings. The molecule has 1 heterocycles. The summed E-state index contributed by atoms with van der Waals surface area (Å²) < 4.78 is 0. The number of carbonyl (C=O) groups excluding carboxylic acids is 1. The molecule has 0 aromatic carbocycles. The number of nitrogens with one attached hydrogen (secondary N) is 2. The number of amides is 1. The molecule has 90 valence electrons. The molecule has 3 rings (SSSR count). The Labute approximate surface area is 97.4 Å². The zero-order valence-corrected chi connectivity index (χ0v) is 9.87. The van der Waals surface area contributed by atoms with E-state index in [-0.39, 0.29) is 0 Å². The molecule has 3 unspecified atom stereocenters. The number of hydrogen-bond acceptors (Lipinski definition) is 2. The van der Waals surface area contributed by atoms with Crippen LogP contribution < -0.4 is 10.6 Å². The van der Waals surface area contributed by atoms with Gasteiger partial charge in [0.1, 0.15) is 0 Å². The van der Waals surface area contributed by atoms with Crippen LogP contribution in [0.25, 0.3) is 0 Å². The second kappa shape index (κ2) is 4.36. The van der Waals surface area contributed by atoms with E-state index in [1.54, 1.807) is 0 Å². The summed E-state index contributed by atoms with van der Waals surface area (Å²) in [5, 5.41) is 6.59. The SMILES string of the molecule is O=C(N[C@@H]1CCCNC1)C1CC2CCC1C2. The Morgan fingerprint density at radius 3 is 2.75 bits per heavy atom. The van der Waals surface area contributed by atoms with Crippen LogP contribution in [-0.2, 0) is 4.79 Å². The summed E-state index contributed by atoms with van der Waals surface area (Å²) in [5.41, 5.74) is 0. The first-order chi connectivity index (χ1) is 7.83. The first-order valence-corrected chi connectivity index (χ1v) is 6.84. The topological polar surface area (TPSA) is 41.1 Å². The number of hydrogen-bond donors (Lipinski definition) is 2. The minimum absolute atomic E-state index is 0.348. The number of piperidine rings is 1. The minimum Gasteiger partial charge on any atom is -0.352 e. The van der Waals surface area contributed by atoms with Gasteiger partial charge in [0.05, 0.1) is 0 Å². The molecule has 2 bridgehead atoms. The van der Waals surface area contributed by atoms with Gasteiger partial charge in [0.2, 0.25) is 5.91 Å². The average Bonchev–Trinajstić information content (AvgIpc) is 2.92. The largest absolute Gasteiger partial charge is 0.352 e. The van der Waals surface area contributed by atoms with Gasteiger partial charge in [-0.15, -0.1) is 0 Å². The fourth-order valence-electron chi connectivity index (χ4n) is 3.85. The van der Waals surface area contributed by atoms with Crippen LogP contribution in [-0.4, -0.2) is 25.0 Å². The number of carbonyl (C=O) groups is 1. The van der Waals surface area contributed by atoms with Gasteiger partial charge < -0.3 is 10.6 Å². The molecule has 16 heavy (non-hydrogen) atoms. The molecule has 2 aliphatic carbocycles. The van der Waals surface area contributed by atoms with Gasteiger partial charge in [0.15, 0.2) is 0 Å². The Hall–Kier alpha value is -0.570. The monoisotopic (exact) mass is 222 g/mol. The third kappa shape index (κ3) is 1.97. The summed E-state index contributed by atoms with van der Waals surface area (Å²) in [7, 11) is 0. The first kappa shape index (κ1) is 10.6. The second-order valence-electron chi connectivity index (χ2n) is 5.83. The summed E-state index contributed by atoms with van der Waals surface area (Å²) in [6.45, 7) is 2.08. The van der Waals surface area contributed by atoms with E-state index in [0.717, 1.165) is 31.8 Å². The molecule has 2 N–H and O–H groups in total. The maximum Gasteiger partial charge on any atom is 0.223 e. The number of fused-ring (bicyclic) bond motifs is 2. The van der Waals surface area contributed by atoms with Crippen molar-refractivity contribution in [3.05, 3.63) is 0 Å². The maximum atomic E-state index is 12.2. The molecule has 1 amide bonds. The van der Waals surface area contributed by atoms with Crippen molar-refractivity contribution in [3.63, 3.8) is 0 Å². The van der Waals surface area contributed by atoms with E-state index in [1.807, 2.05) is 0 Å². The highest BCUT2D eigenvalue weighted by molar-refractivity contribution is 5.79.